The molecule has 0 fully saturated rings. The van der Waals surface area contributed by atoms with E-state index in [0.717, 1.165) is 5.56 Å². The maximum absolute atomic E-state index is 12.1. The van der Waals surface area contributed by atoms with Crippen LogP contribution in [0.25, 0.3) is 11.1 Å². The summed E-state index contributed by atoms with van der Waals surface area (Å²) in [7, 11) is 0. The second kappa shape index (κ2) is 3.25. The number of alkyl halides is 3. The zero-order valence-electron chi connectivity index (χ0n) is 7.93. The molecule has 1 aromatic carbocycles. The van der Waals surface area contributed by atoms with Crippen LogP contribution >= 0.6 is 0 Å². The highest BCUT2D eigenvalue weighted by Crippen LogP contribution is 2.24. The molecule has 2 rings (SSSR count). The fraction of sp³-hybridized carbons (Fsp3) is 0.300. The number of hydrogen-bond acceptors (Lipinski definition) is 2. The Hall–Kier alpha value is -1.52. The molecule has 0 aliphatic heterocycles. The maximum atomic E-state index is 12.1. The Morgan fingerprint density at radius 2 is 2.07 bits per heavy atom. The highest BCUT2D eigenvalue weighted by Gasteiger charge is 2.30. The standard InChI is InChI=1S/C10H8F3NO/c1-6-3-2-4-7-9(6)14-8(15-7)5-10(11,12)13/h2-4H,5H2,1H3. The molecular formula is C10H8F3NO. The topological polar surface area (TPSA) is 26.0 Å². The van der Waals surface area contributed by atoms with E-state index < -0.39 is 12.6 Å². The number of nitrogens with zero attached hydrogens (tertiary/aromatic N) is 1. The minimum atomic E-state index is -4.28. The first-order chi connectivity index (χ1) is 6.96. The Balaban J connectivity index is 2.44. The number of hydrogen-bond donors (Lipinski definition) is 0. The molecule has 0 radical (unpaired) electrons. The predicted octanol–water partition coefficient (Wildman–Crippen LogP) is 3.24. The molecule has 0 N–H and O–H groups in total. The van der Waals surface area contributed by atoms with E-state index in [2.05, 4.69) is 4.98 Å². The molecule has 5 heteroatoms. The van der Waals surface area contributed by atoms with Crippen LogP contribution in [0.5, 0.6) is 0 Å². The van der Waals surface area contributed by atoms with Crippen LogP contribution in [0, 0.1) is 6.92 Å². The molecule has 1 heterocycles. The molecule has 2 nitrogen and oxygen atoms in total. The lowest BCUT2D eigenvalue weighted by Gasteiger charge is -2.00. The number of benzene rings is 1. The Labute approximate surface area is 83.7 Å². The van der Waals surface area contributed by atoms with Crippen LogP contribution in [0.3, 0.4) is 0 Å². The zero-order valence-corrected chi connectivity index (χ0v) is 7.93. The monoisotopic (exact) mass is 215 g/mol. The van der Waals surface area contributed by atoms with Gasteiger partial charge in [-0.25, -0.2) is 4.98 Å². The molecule has 15 heavy (non-hydrogen) atoms. The highest BCUT2D eigenvalue weighted by atomic mass is 19.4. The van der Waals surface area contributed by atoms with Crippen molar-refractivity contribution in [3.8, 4) is 0 Å². The molecule has 2 aromatic rings. The maximum Gasteiger partial charge on any atom is 0.397 e. The van der Waals surface area contributed by atoms with Crippen molar-refractivity contribution in [2.75, 3.05) is 0 Å². The Morgan fingerprint density at radius 3 is 2.67 bits per heavy atom. The molecular weight excluding hydrogens is 207 g/mol. The average molecular weight is 215 g/mol. The second-order valence-electron chi connectivity index (χ2n) is 3.32. The quantitative estimate of drug-likeness (QED) is 0.729. The average Bonchev–Trinajstić information content (AvgIpc) is 2.45. The van der Waals surface area contributed by atoms with Gasteiger partial charge in [0.2, 0.25) is 5.89 Å². The fourth-order valence-electron chi connectivity index (χ4n) is 1.38. The number of oxazole rings is 1. The third-order valence-corrected chi connectivity index (χ3v) is 2.02. The van der Waals surface area contributed by atoms with E-state index in [-0.39, 0.29) is 5.89 Å². The molecule has 1 aromatic heterocycles. The molecule has 0 aliphatic carbocycles. The lowest BCUT2D eigenvalue weighted by Crippen LogP contribution is -2.11. The van der Waals surface area contributed by atoms with Crippen LogP contribution in [0.15, 0.2) is 22.6 Å². The number of rotatable bonds is 1. The van der Waals surface area contributed by atoms with Crippen molar-refractivity contribution in [1.29, 1.82) is 0 Å². The number of aromatic nitrogens is 1. The molecule has 0 bridgehead atoms. The first-order valence-electron chi connectivity index (χ1n) is 4.37. The Morgan fingerprint density at radius 1 is 1.33 bits per heavy atom. The van der Waals surface area contributed by atoms with Gasteiger partial charge in [-0.05, 0) is 18.6 Å². The summed E-state index contributed by atoms with van der Waals surface area (Å²) in [6.07, 6.45) is -5.41. The molecule has 80 valence electrons. The van der Waals surface area contributed by atoms with Gasteiger partial charge in [-0.15, -0.1) is 0 Å². The van der Waals surface area contributed by atoms with Crippen molar-refractivity contribution in [2.45, 2.75) is 19.5 Å². The van der Waals surface area contributed by atoms with Crippen LogP contribution in [0.2, 0.25) is 0 Å². The summed E-state index contributed by atoms with van der Waals surface area (Å²) < 4.78 is 41.2. The van der Waals surface area contributed by atoms with Gasteiger partial charge >= 0.3 is 6.18 Å². The van der Waals surface area contributed by atoms with Gasteiger partial charge in [0.15, 0.2) is 5.58 Å². The van der Waals surface area contributed by atoms with Crippen LogP contribution in [0.1, 0.15) is 11.5 Å². The van der Waals surface area contributed by atoms with Crippen molar-refractivity contribution in [2.24, 2.45) is 0 Å². The van der Waals surface area contributed by atoms with Gasteiger partial charge in [0, 0.05) is 0 Å². The number of aryl methyl sites for hydroxylation is 1. The minimum Gasteiger partial charge on any atom is -0.440 e. The van der Waals surface area contributed by atoms with Crippen molar-refractivity contribution >= 4 is 11.1 Å². The highest BCUT2D eigenvalue weighted by molar-refractivity contribution is 5.76. The third-order valence-electron chi connectivity index (χ3n) is 2.02. The van der Waals surface area contributed by atoms with Gasteiger partial charge in [0.25, 0.3) is 0 Å². The minimum absolute atomic E-state index is 0.285. The van der Waals surface area contributed by atoms with Crippen molar-refractivity contribution in [1.82, 2.24) is 4.98 Å². The third kappa shape index (κ3) is 2.11. The number of fused-ring (bicyclic) bond motifs is 1. The van der Waals surface area contributed by atoms with Crippen LogP contribution in [-0.4, -0.2) is 11.2 Å². The van der Waals surface area contributed by atoms with Crippen molar-refractivity contribution in [3.63, 3.8) is 0 Å². The summed E-state index contributed by atoms with van der Waals surface area (Å²) in [4.78, 5) is 3.81. The first kappa shape index (κ1) is 10.0. The summed E-state index contributed by atoms with van der Waals surface area (Å²) in [6.45, 7) is 1.78. The first-order valence-corrected chi connectivity index (χ1v) is 4.37. The lowest BCUT2D eigenvalue weighted by atomic mass is 10.2. The van der Waals surface area contributed by atoms with E-state index in [1.165, 1.54) is 0 Å². The summed E-state index contributed by atoms with van der Waals surface area (Å²) in [5, 5.41) is 0. The number of halogens is 3. The molecule has 0 atom stereocenters. The van der Waals surface area contributed by atoms with E-state index in [1.807, 2.05) is 0 Å². The molecule has 0 saturated heterocycles. The van der Waals surface area contributed by atoms with Gasteiger partial charge < -0.3 is 4.42 Å². The fourth-order valence-corrected chi connectivity index (χ4v) is 1.38. The Bertz CT molecular complexity index is 487. The molecule has 0 amide bonds. The lowest BCUT2D eigenvalue weighted by molar-refractivity contribution is -0.130. The van der Waals surface area contributed by atoms with Crippen LogP contribution in [0.4, 0.5) is 13.2 Å². The van der Waals surface area contributed by atoms with Crippen LogP contribution < -0.4 is 0 Å². The van der Waals surface area contributed by atoms with Gasteiger partial charge in [-0.1, -0.05) is 12.1 Å². The summed E-state index contributed by atoms with van der Waals surface area (Å²) in [6, 6.07) is 5.11. The molecule has 0 saturated carbocycles. The number of para-hydroxylation sites is 1. The van der Waals surface area contributed by atoms with Crippen molar-refractivity contribution in [3.05, 3.63) is 29.7 Å². The van der Waals surface area contributed by atoms with E-state index in [0.29, 0.717) is 11.1 Å². The predicted molar refractivity (Wildman–Crippen MR) is 48.5 cm³/mol. The Kier molecular flexibility index (Phi) is 2.17. The summed E-state index contributed by atoms with van der Waals surface area (Å²) >= 11 is 0. The van der Waals surface area contributed by atoms with Gasteiger partial charge in [-0.3, -0.25) is 0 Å². The SMILES string of the molecule is Cc1cccc2oc(CC(F)(F)F)nc12. The summed E-state index contributed by atoms with van der Waals surface area (Å²) in [5.74, 6) is -0.285. The second-order valence-corrected chi connectivity index (χ2v) is 3.32. The van der Waals surface area contributed by atoms with Gasteiger partial charge in [0.05, 0.1) is 0 Å². The molecule has 0 spiro atoms. The van der Waals surface area contributed by atoms with E-state index in [1.54, 1.807) is 25.1 Å². The smallest absolute Gasteiger partial charge is 0.397 e. The van der Waals surface area contributed by atoms with Gasteiger partial charge in [-0.2, -0.15) is 13.2 Å². The molecule has 0 unspecified atom stereocenters. The summed E-state index contributed by atoms with van der Waals surface area (Å²) in [5.41, 5.74) is 1.70. The van der Waals surface area contributed by atoms with Crippen LogP contribution in [-0.2, 0) is 6.42 Å². The largest absolute Gasteiger partial charge is 0.440 e. The van der Waals surface area contributed by atoms with E-state index in [4.69, 9.17) is 4.42 Å². The van der Waals surface area contributed by atoms with Gasteiger partial charge in [0.1, 0.15) is 11.9 Å². The normalized spacial score (nSPS) is 12.3. The van der Waals surface area contributed by atoms with E-state index >= 15 is 0 Å². The van der Waals surface area contributed by atoms with E-state index in [9.17, 15) is 13.2 Å². The zero-order chi connectivity index (χ0) is 11.1. The van der Waals surface area contributed by atoms with Crippen molar-refractivity contribution < 1.29 is 17.6 Å². The molecule has 0 aliphatic rings.